The second-order valence-corrected chi connectivity index (χ2v) is 15.6. The Labute approximate surface area is 294 Å². The van der Waals surface area contributed by atoms with Crippen molar-refractivity contribution in [2.24, 2.45) is 0 Å². The van der Waals surface area contributed by atoms with E-state index in [9.17, 15) is 23.5 Å². The normalized spacial score (nSPS) is 20.2. The largest absolute Gasteiger partial charge is 0.466 e. The predicted octanol–water partition coefficient (Wildman–Crippen LogP) is -0.681. The fraction of sp³-hybridized carbons (Fsp3) is 0.900. The summed E-state index contributed by atoms with van der Waals surface area (Å²) >= 11 is 0. The Morgan fingerprint density at radius 3 is 1.22 bits per heavy atom. The Kier molecular flexibility index (Phi) is 31.7. The number of ether oxygens (including phenoxy) is 2. The molecule has 2 rings (SSSR count). The fourth-order valence-electron chi connectivity index (χ4n) is 4.46. The van der Waals surface area contributed by atoms with Crippen LogP contribution in [0.5, 0.6) is 0 Å². The van der Waals surface area contributed by atoms with Gasteiger partial charge in [-0.2, -0.15) is 0 Å². The number of nitrogens with one attached hydrogen (secondary N) is 7. The highest BCUT2D eigenvalue weighted by atomic mass is 31.2. The minimum absolute atomic E-state index is 0.134. The minimum Gasteiger partial charge on any atom is -0.466 e. The Bertz CT molecular complexity index is 885. The molecule has 2 unspecified atom stereocenters. The molecular weight excluding hydrogens is 678 g/mol. The first-order chi connectivity index (χ1) is 23.7. The van der Waals surface area contributed by atoms with Gasteiger partial charge in [0.25, 0.3) is 7.37 Å². The zero-order valence-electron chi connectivity index (χ0n) is 30.4. The lowest BCUT2D eigenvalue weighted by molar-refractivity contribution is -0.141. The average Bonchev–Trinajstić information content (AvgIpc) is 3.03. The smallest absolute Gasteiger partial charge is 0.316 e. The molecule has 0 radical (unpaired) electrons. The number of hydrogen-bond acceptors (Lipinski definition) is 17. The molecule has 17 nitrogen and oxygen atoms in total. The lowest BCUT2D eigenvalue weighted by atomic mass is 10.4. The van der Waals surface area contributed by atoms with Crippen LogP contribution in [0.3, 0.4) is 0 Å². The molecule has 49 heavy (non-hydrogen) atoms. The molecule has 2 fully saturated rings. The summed E-state index contributed by atoms with van der Waals surface area (Å²) in [6.07, 6.45) is -0.352. The van der Waals surface area contributed by atoms with Crippen LogP contribution >= 0.6 is 14.7 Å². The van der Waals surface area contributed by atoms with Crippen molar-refractivity contribution < 1.29 is 42.0 Å². The second kappa shape index (κ2) is 32.6. The number of rotatable bonds is 13. The summed E-state index contributed by atoms with van der Waals surface area (Å²) < 4.78 is 44.0. The van der Waals surface area contributed by atoms with Crippen LogP contribution < -0.4 is 37.2 Å². The van der Waals surface area contributed by atoms with E-state index in [0.717, 1.165) is 105 Å². The summed E-state index contributed by atoms with van der Waals surface area (Å²) in [4.78, 5) is 35.1. The third kappa shape index (κ3) is 29.0. The van der Waals surface area contributed by atoms with Gasteiger partial charge in [-0.1, -0.05) is 0 Å². The van der Waals surface area contributed by atoms with E-state index < -0.39 is 32.8 Å². The molecule has 0 aromatic rings. The van der Waals surface area contributed by atoms with Gasteiger partial charge in [-0.15, -0.1) is 0 Å². The number of esters is 2. The molecule has 0 amide bonds. The zero-order chi connectivity index (χ0) is 36.5. The van der Waals surface area contributed by atoms with Gasteiger partial charge in [-0.05, 0) is 27.7 Å². The molecule has 2 aliphatic heterocycles. The maximum Gasteiger partial charge on any atom is 0.316 e. The Morgan fingerprint density at radius 1 is 0.551 bits per heavy atom. The third-order valence-electron chi connectivity index (χ3n) is 6.70. The number of nitrogens with zero attached hydrogens (tertiary/aromatic N) is 1. The van der Waals surface area contributed by atoms with Crippen molar-refractivity contribution in [2.45, 2.75) is 27.7 Å². The molecule has 0 saturated carbocycles. The summed E-state index contributed by atoms with van der Waals surface area (Å²) in [5, 5.41) is 23.5. The summed E-state index contributed by atoms with van der Waals surface area (Å²) in [6, 6.07) is 0.188. The van der Waals surface area contributed by atoms with Crippen molar-refractivity contribution in [3.8, 4) is 0 Å². The Morgan fingerprint density at radius 2 is 0.898 bits per heavy atom. The fourth-order valence-corrected chi connectivity index (χ4v) is 7.70. The van der Waals surface area contributed by atoms with E-state index in [2.05, 4.69) is 51.4 Å². The van der Waals surface area contributed by atoms with Crippen molar-refractivity contribution in [3.63, 3.8) is 0 Å². The minimum atomic E-state index is -3.44. The van der Waals surface area contributed by atoms with E-state index in [1.54, 1.807) is 27.7 Å². The van der Waals surface area contributed by atoms with Gasteiger partial charge in [0.1, 0.15) is 12.3 Å². The Hall–Kier alpha value is -1.33. The molecule has 2 aliphatic rings. The van der Waals surface area contributed by atoms with Crippen molar-refractivity contribution >= 4 is 32.7 Å². The number of carbonyl (C=O) groups is 3. The molecule has 0 aliphatic carbocycles. The van der Waals surface area contributed by atoms with Crippen molar-refractivity contribution in [1.82, 2.24) is 42.1 Å². The van der Waals surface area contributed by atoms with E-state index in [0.29, 0.717) is 6.61 Å². The van der Waals surface area contributed by atoms with E-state index in [4.69, 9.17) is 9.26 Å². The van der Waals surface area contributed by atoms with E-state index in [1.165, 1.54) is 0 Å². The maximum absolute atomic E-state index is 13.0. The van der Waals surface area contributed by atoms with Gasteiger partial charge in [0.15, 0.2) is 0 Å². The zero-order valence-corrected chi connectivity index (χ0v) is 32.1. The summed E-state index contributed by atoms with van der Waals surface area (Å²) in [5.74, 6) is -1.13. The van der Waals surface area contributed by atoms with Gasteiger partial charge in [0.2, 0.25) is 13.4 Å². The van der Waals surface area contributed by atoms with Crippen LogP contribution in [0.25, 0.3) is 0 Å². The highest BCUT2D eigenvalue weighted by Crippen LogP contribution is 2.47. The molecular formula is C30H66N8O9P2. The summed E-state index contributed by atoms with van der Waals surface area (Å²) in [5.41, 5.74) is 0. The van der Waals surface area contributed by atoms with Gasteiger partial charge in [0, 0.05) is 105 Å². The highest BCUT2D eigenvalue weighted by Gasteiger charge is 2.30. The van der Waals surface area contributed by atoms with E-state index in [1.807, 2.05) is 0 Å². The van der Waals surface area contributed by atoms with E-state index >= 15 is 0 Å². The van der Waals surface area contributed by atoms with Crippen LogP contribution in [0.15, 0.2) is 0 Å². The van der Waals surface area contributed by atoms with Crippen LogP contribution in [-0.4, -0.2) is 173 Å². The quantitative estimate of drug-likeness (QED) is 0.0708. The number of carbonyl (C=O) groups excluding carboxylic acids is 3. The van der Waals surface area contributed by atoms with Crippen LogP contribution in [0.2, 0.25) is 0 Å². The standard InChI is InChI=1S/C15H33N4O4P.C8H20N4.C7H13O5P/c1-3-22-15(20)13-24(21,23-4-2)14-19-11-9-17-7-5-16-6-8-18-10-12-19;1-2-10-5-6-12-8-7-11-4-3-9-1;1-3-11-7(9)5-13(10,6-8)12-4-2/h16-18H,3-14H2,1-2H3;9-12H,1-8H2;6H,3-5H2,1-2H3. The molecule has 0 aromatic carbocycles. The van der Waals surface area contributed by atoms with Gasteiger partial charge in [-0.3, -0.25) is 28.4 Å². The maximum atomic E-state index is 13.0. The molecule has 0 bridgehead atoms. The average molecular weight is 745 g/mol. The number of hydrogen-bond donors (Lipinski definition) is 7. The van der Waals surface area contributed by atoms with Gasteiger partial charge in [-0.25, -0.2) is 0 Å². The van der Waals surface area contributed by atoms with Gasteiger partial charge >= 0.3 is 11.9 Å². The molecule has 19 heteroatoms. The highest BCUT2D eigenvalue weighted by molar-refractivity contribution is 7.74. The lowest BCUT2D eigenvalue weighted by Crippen LogP contribution is -2.42. The molecule has 7 N–H and O–H groups in total. The van der Waals surface area contributed by atoms with Crippen LogP contribution in [-0.2, 0) is 42.0 Å². The summed E-state index contributed by atoms with van der Waals surface area (Å²) in [7, 11) is -6.51. The van der Waals surface area contributed by atoms with Crippen molar-refractivity contribution in [2.75, 3.05) is 150 Å². The third-order valence-corrected chi connectivity index (χ3v) is 10.7. The second-order valence-electron chi connectivity index (χ2n) is 10.9. The van der Waals surface area contributed by atoms with Crippen molar-refractivity contribution in [3.05, 3.63) is 0 Å². The van der Waals surface area contributed by atoms with Gasteiger partial charge < -0.3 is 55.7 Å². The first-order valence-electron chi connectivity index (χ1n) is 17.6. The first kappa shape index (κ1) is 47.7. The van der Waals surface area contributed by atoms with Crippen molar-refractivity contribution in [1.29, 1.82) is 0 Å². The predicted molar refractivity (Wildman–Crippen MR) is 195 cm³/mol. The molecule has 290 valence electrons. The lowest BCUT2D eigenvalue weighted by Gasteiger charge is -2.27. The Balaban J connectivity index is 0.000000776. The first-order valence-corrected chi connectivity index (χ1v) is 21.5. The van der Waals surface area contributed by atoms with E-state index in [-0.39, 0.29) is 38.3 Å². The van der Waals surface area contributed by atoms with Crippen LogP contribution in [0.1, 0.15) is 27.7 Å². The van der Waals surface area contributed by atoms with Gasteiger partial charge in [0.05, 0.1) is 32.7 Å². The van der Waals surface area contributed by atoms with Crippen LogP contribution in [0, 0.1) is 0 Å². The summed E-state index contributed by atoms with van der Waals surface area (Å²) in [6.45, 7) is 23.1. The monoisotopic (exact) mass is 744 g/mol. The molecule has 0 aromatic heterocycles. The topological polar surface area (TPSA) is 210 Å². The molecule has 0 spiro atoms. The SMILES string of the molecule is C1CNCCNCCNCCN1.CCOC(=O)CP(=O)(C=O)OCC.CCOC(=O)CP(=O)(CN1CCNCCNCCNCC1)OCC. The van der Waals surface area contributed by atoms with Crippen LogP contribution in [0.4, 0.5) is 0 Å². The molecule has 2 atom stereocenters. The molecule has 2 heterocycles. The molecule has 2 saturated heterocycles.